The second-order valence-electron chi connectivity index (χ2n) is 4.50. The minimum absolute atomic E-state index is 0.424. The van der Waals surface area contributed by atoms with Gasteiger partial charge in [-0.05, 0) is 20.2 Å². The molecule has 1 aromatic rings. The van der Waals surface area contributed by atoms with E-state index in [0.29, 0.717) is 19.7 Å². The van der Waals surface area contributed by atoms with E-state index in [1.165, 1.54) is 0 Å². The van der Waals surface area contributed by atoms with Crippen LogP contribution in [0.3, 0.4) is 0 Å². The molecule has 0 fully saturated rings. The van der Waals surface area contributed by atoms with Crippen molar-refractivity contribution in [1.29, 1.82) is 0 Å². The molecule has 0 aromatic carbocycles. The lowest BCUT2D eigenvalue weighted by Gasteiger charge is -2.13. The molecule has 1 atom stereocenters. The molecule has 0 aliphatic rings. The van der Waals surface area contributed by atoms with Gasteiger partial charge in [-0.15, -0.1) is 0 Å². The molecule has 6 heteroatoms. The summed E-state index contributed by atoms with van der Waals surface area (Å²) < 4.78 is 7.15. The number of rotatable bonds is 10. The van der Waals surface area contributed by atoms with Gasteiger partial charge in [0, 0.05) is 32.0 Å². The average molecular weight is 256 g/mol. The molecule has 0 saturated carbocycles. The van der Waals surface area contributed by atoms with E-state index in [4.69, 9.17) is 4.74 Å². The van der Waals surface area contributed by atoms with Gasteiger partial charge in [0.25, 0.3) is 0 Å². The SMILES string of the molecule is CN(C)CCOCCNCC(O)Cn1cccn1. The van der Waals surface area contributed by atoms with E-state index in [1.54, 1.807) is 10.9 Å². The highest BCUT2D eigenvalue weighted by Crippen LogP contribution is 1.89. The number of hydrogen-bond acceptors (Lipinski definition) is 5. The molecule has 0 aliphatic heterocycles. The number of likely N-dealkylation sites (N-methyl/N-ethyl adjacent to an activating group) is 1. The fourth-order valence-electron chi connectivity index (χ4n) is 1.45. The zero-order valence-electron chi connectivity index (χ0n) is 11.2. The molecule has 0 saturated heterocycles. The summed E-state index contributed by atoms with van der Waals surface area (Å²) in [6.45, 7) is 4.16. The van der Waals surface area contributed by atoms with E-state index in [1.807, 2.05) is 26.4 Å². The Morgan fingerprint density at radius 3 is 2.94 bits per heavy atom. The molecule has 0 aliphatic carbocycles. The Morgan fingerprint density at radius 1 is 1.44 bits per heavy atom. The molecule has 0 spiro atoms. The van der Waals surface area contributed by atoms with Crippen molar-refractivity contribution in [2.24, 2.45) is 0 Å². The summed E-state index contributed by atoms with van der Waals surface area (Å²) in [6, 6.07) is 1.85. The number of nitrogens with zero attached hydrogens (tertiary/aromatic N) is 3. The number of hydrogen-bond donors (Lipinski definition) is 2. The number of nitrogens with one attached hydrogen (secondary N) is 1. The summed E-state index contributed by atoms with van der Waals surface area (Å²) in [4.78, 5) is 2.08. The minimum atomic E-state index is -0.424. The lowest BCUT2D eigenvalue weighted by molar-refractivity contribution is 0.111. The van der Waals surface area contributed by atoms with E-state index < -0.39 is 6.10 Å². The van der Waals surface area contributed by atoms with E-state index in [2.05, 4.69) is 15.3 Å². The third-order valence-corrected chi connectivity index (χ3v) is 2.44. The molecular formula is C12H24N4O2. The third kappa shape index (κ3) is 7.39. The lowest BCUT2D eigenvalue weighted by Crippen LogP contribution is -2.32. The largest absolute Gasteiger partial charge is 0.390 e. The summed E-state index contributed by atoms with van der Waals surface area (Å²) in [5, 5.41) is 16.9. The summed E-state index contributed by atoms with van der Waals surface area (Å²) in [5.41, 5.74) is 0. The lowest BCUT2D eigenvalue weighted by atomic mass is 10.3. The van der Waals surface area contributed by atoms with Gasteiger partial charge in [-0.2, -0.15) is 5.10 Å². The summed E-state index contributed by atoms with van der Waals surface area (Å²) >= 11 is 0. The zero-order valence-corrected chi connectivity index (χ0v) is 11.2. The Labute approximate surface area is 109 Å². The van der Waals surface area contributed by atoms with Gasteiger partial charge >= 0.3 is 0 Å². The van der Waals surface area contributed by atoms with Crippen molar-refractivity contribution in [2.75, 3.05) is 46.9 Å². The van der Waals surface area contributed by atoms with E-state index in [0.717, 1.165) is 19.7 Å². The number of aliphatic hydroxyl groups excluding tert-OH is 1. The Bertz CT molecular complexity index is 290. The molecule has 6 nitrogen and oxygen atoms in total. The molecule has 1 aromatic heterocycles. The normalized spacial score (nSPS) is 13.1. The molecule has 104 valence electrons. The van der Waals surface area contributed by atoms with Crippen LogP contribution in [0, 0.1) is 0 Å². The van der Waals surface area contributed by atoms with Crippen molar-refractivity contribution in [3.8, 4) is 0 Å². The van der Waals surface area contributed by atoms with Gasteiger partial charge in [-0.3, -0.25) is 4.68 Å². The number of ether oxygens (including phenoxy) is 1. The summed E-state index contributed by atoms with van der Waals surface area (Å²) in [6.07, 6.45) is 3.12. The van der Waals surface area contributed by atoms with Gasteiger partial charge in [0.15, 0.2) is 0 Å². The van der Waals surface area contributed by atoms with Crippen LogP contribution in [0.15, 0.2) is 18.5 Å². The molecule has 0 radical (unpaired) electrons. The van der Waals surface area contributed by atoms with Crippen LogP contribution in [0.4, 0.5) is 0 Å². The van der Waals surface area contributed by atoms with Crippen molar-refractivity contribution >= 4 is 0 Å². The van der Waals surface area contributed by atoms with Gasteiger partial charge < -0.3 is 20.1 Å². The van der Waals surface area contributed by atoms with Crippen LogP contribution in [0.1, 0.15) is 0 Å². The monoisotopic (exact) mass is 256 g/mol. The quantitative estimate of drug-likeness (QED) is 0.548. The highest BCUT2D eigenvalue weighted by atomic mass is 16.5. The second-order valence-corrected chi connectivity index (χ2v) is 4.50. The van der Waals surface area contributed by atoms with Crippen LogP contribution in [0.5, 0.6) is 0 Å². The summed E-state index contributed by atoms with van der Waals surface area (Å²) in [5.74, 6) is 0. The van der Waals surface area contributed by atoms with Crippen molar-refractivity contribution in [1.82, 2.24) is 20.0 Å². The molecule has 2 N–H and O–H groups in total. The third-order valence-electron chi connectivity index (χ3n) is 2.44. The Kier molecular flexibility index (Phi) is 7.59. The predicted octanol–water partition coefficient (Wildman–Crippen LogP) is -0.588. The maximum absolute atomic E-state index is 9.73. The first kappa shape index (κ1) is 15.1. The Balaban J connectivity index is 1.91. The Morgan fingerprint density at radius 2 is 2.28 bits per heavy atom. The maximum atomic E-state index is 9.73. The maximum Gasteiger partial charge on any atom is 0.0860 e. The van der Waals surface area contributed by atoms with Crippen LogP contribution in [-0.2, 0) is 11.3 Å². The van der Waals surface area contributed by atoms with Crippen LogP contribution in [-0.4, -0.2) is 72.8 Å². The fourth-order valence-corrected chi connectivity index (χ4v) is 1.45. The van der Waals surface area contributed by atoms with Gasteiger partial charge in [-0.1, -0.05) is 0 Å². The van der Waals surface area contributed by atoms with E-state index in [9.17, 15) is 5.11 Å². The van der Waals surface area contributed by atoms with E-state index in [-0.39, 0.29) is 0 Å². The van der Waals surface area contributed by atoms with Gasteiger partial charge in [-0.25, -0.2) is 0 Å². The predicted molar refractivity (Wildman–Crippen MR) is 70.5 cm³/mol. The zero-order chi connectivity index (χ0) is 13.2. The molecule has 18 heavy (non-hydrogen) atoms. The molecule has 1 rings (SSSR count). The minimum Gasteiger partial charge on any atom is -0.390 e. The van der Waals surface area contributed by atoms with Crippen LogP contribution in [0.2, 0.25) is 0 Å². The first-order valence-electron chi connectivity index (χ1n) is 6.27. The molecular weight excluding hydrogens is 232 g/mol. The molecule has 0 bridgehead atoms. The van der Waals surface area contributed by atoms with Crippen LogP contribution < -0.4 is 5.32 Å². The van der Waals surface area contributed by atoms with Crippen molar-refractivity contribution in [2.45, 2.75) is 12.6 Å². The van der Waals surface area contributed by atoms with Gasteiger partial charge in [0.1, 0.15) is 0 Å². The first-order chi connectivity index (χ1) is 8.68. The molecule has 0 amide bonds. The number of aliphatic hydroxyl groups is 1. The van der Waals surface area contributed by atoms with Gasteiger partial charge in [0.2, 0.25) is 0 Å². The highest BCUT2D eigenvalue weighted by molar-refractivity contribution is 4.78. The standard InChI is InChI=1S/C12H24N4O2/c1-15(2)7-9-18-8-5-13-10-12(17)11-16-6-3-4-14-16/h3-4,6,12-13,17H,5,7-11H2,1-2H3. The first-order valence-corrected chi connectivity index (χ1v) is 6.27. The number of aromatic nitrogens is 2. The second kappa shape index (κ2) is 9.04. The molecule has 1 heterocycles. The van der Waals surface area contributed by atoms with Crippen molar-refractivity contribution < 1.29 is 9.84 Å². The topological polar surface area (TPSA) is 62.6 Å². The molecule has 1 unspecified atom stereocenters. The van der Waals surface area contributed by atoms with E-state index >= 15 is 0 Å². The average Bonchev–Trinajstić information content (AvgIpc) is 2.80. The fraction of sp³-hybridized carbons (Fsp3) is 0.750. The van der Waals surface area contributed by atoms with Gasteiger partial charge in [0.05, 0.1) is 25.9 Å². The van der Waals surface area contributed by atoms with Crippen LogP contribution >= 0.6 is 0 Å². The van der Waals surface area contributed by atoms with Crippen molar-refractivity contribution in [3.05, 3.63) is 18.5 Å². The smallest absolute Gasteiger partial charge is 0.0860 e. The van der Waals surface area contributed by atoms with Crippen LogP contribution in [0.25, 0.3) is 0 Å². The Hall–Kier alpha value is -0.950. The highest BCUT2D eigenvalue weighted by Gasteiger charge is 2.04. The summed E-state index contributed by atoms with van der Waals surface area (Å²) in [7, 11) is 4.04. The van der Waals surface area contributed by atoms with Crippen molar-refractivity contribution in [3.63, 3.8) is 0 Å².